The molecule has 1 aliphatic heterocycles. The highest BCUT2D eigenvalue weighted by atomic mass is 32.1. The number of aliphatic carboxylic acids is 1. The normalized spacial score (nSPS) is 17.4. The van der Waals surface area contributed by atoms with E-state index in [1.165, 1.54) is 11.3 Å². The lowest BCUT2D eigenvalue weighted by Crippen LogP contribution is -2.38. The van der Waals surface area contributed by atoms with Crippen LogP contribution in [0.25, 0.3) is 0 Å². The highest BCUT2D eigenvalue weighted by molar-refractivity contribution is 7.13. The second-order valence-corrected chi connectivity index (χ2v) is 5.65. The number of alkyl halides is 3. The standard InChI is InChI=1S/C12H15F3N2O2S/c13-12(14,15)8-3-5-17(6-4-8)11-16-9(7-20-11)1-2-10(18)19/h7-8H,1-6H2,(H,18,19). The van der Waals surface area contributed by atoms with Crippen molar-refractivity contribution >= 4 is 22.4 Å². The Morgan fingerprint density at radius 2 is 2.10 bits per heavy atom. The quantitative estimate of drug-likeness (QED) is 0.929. The van der Waals surface area contributed by atoms with E-state index >= 15 is 0 Å². The predicted octanol–water partition coefficient (Wildman–Crippen LogP) is 2.94. The maximum Gasteiger partial charge on any atom is 0.391 e. The molecule has 1 fully saturated rings. The topological polar surface area (TPSA) is 53.4 Å². The minimum Gasteiger partial charge on any atom is -0.481 e. The Kier molecular flexibility index (Phi) is 4.52. The van der Waals surface area contributed by atoms with Crippen molar-refractivity contribution < 1.29 is 23.1 Å². The third-order valence-corrected chi connectivity index (χ3v) is 4.31. The van der Waals surface area contributed by atoms with Crippen molar-refractivity contribution in [2.75, 3.05) is 18.0 Å². The highest BCUT2D eigenvalue weighted by Gasteiger charge is 2.41. The van der Waals surface area contributed by atoms with E-state index in [0.717, 1.165) is 0 Å². The Labute approximate surface area is 118 Å². The van der Waals surface area contributed by atoms with Gasteiger partial charge in [0.2, 0.25) is 0 Å². The molecule has 0 aromatic carbocycles. The Bertz CT molecular complexity index is 468. The zero-order valence-corrected chi connectivity index (χ0v) is 11.5. The molecule has 1 saturated heterocycles. The molecule has 1 aliphatic rings. The van der Waals surface area contributed by atoms with E-state index in [1.807, 2.05) is 4.90 Å². The number of hydrogen-bond acceptors (Lipinski definition) is 4. The van der Waals surface area contributed by atoms with E-state index in [2.05, 4.69) is 4.98 Å². The van der Waals surface area contributed by atoms with Crippen LogP contribution >= 0.6 is 11.3 Å². The van der Waals surface area contributed by atoms with Crippen molar-refractivity contribution in [2.45, 2.75) is 31.9 Å². The van der Waals surface area contributed by atoms with Crippen molar-refractivity contribution in [1.82, 2.24) is 4.98 Å². The van der Waals surface area contributed by atoms with Crippen LogP contribution in [0.15, 0.2) is 5.38 Å². The molecule has 0 saturated carbocycles. The summed E-state index contributed by atoms with van der Waals surface area (Å²) >= 11 is 1.36. The largest absolute Gasteiger partial charge is 0.481 e. The molecule has 1 aromatic rings. The molecule has 2 heterocycles. The minimum atomic E-state index is -4.11. The zero-order valence-electron chi connectivity index (χ0n) is 10.7. The van der Waals surface area contributed by atoms with Gasteiger partial charge in [-0.15, -0.1) is 11.3 Å². The first-order valence-corrected chi connectivity index (χ1v) is 7.22. The smallest absolute Gasteiger partial charge is 0.391 e. The second kappa shape index (κ2) is 5.99. The third kappa shape index (κ3) is 3.84. The number of aryl methyl sites for hydroxylation is 1. The molecular formula is C12H15F3N2O2S. The summed E-state index contributed by atoms with van der Waals surface area (Å²) in [7, 11) is 0. The molecule has 0 atom stereocenters. The summed E-state index contributed by atoms with van der Waals surface area (Å²) in [6.45, 7) is 0.687. The van der Waals surface area contributed by atoms with Gasteiger partial charge in [0.15, 0.2) is 5.13 Å². The Morgan fingerprint density at radius 3 is 2.65 bits per heavy atom. The number of piperidine rings is 1. The lowest BCUT2D eigenvalue weighted by molar-refractivity contribution is -0.179. The Morgan fingerprint density at radius 1 is 1.45 bits per heavy atom. The molecule has 0 amide bonds. The van der Waals surface area contributed by atoms with E-state index < -0.39 is 18.1 Å². The van der Waals surface area contributed by atoms with Gasteiger partial charge in [-0.1, -0.05) is 0 Å². The fourth-order valence-corrected chi connectivity index (χ4v) is 3.10. The molecule has 20 heavy (non-hydrogen) atoms. The van der Waals surface area contributed by atoms with Crippen LogP contribution in [0.2, 0.25) is 0 Å². The Balaban J connectivity index is 1.89. The van der Waals surface area contributed by atoms with Crippen LogP contribution < -0.4 is 4.90 Å². The lowest BCUT2D eigenvalue weighted by atomic mass is 9.97. The summed E-state index contributed by atoms with van der Waals surface area (Å²) in [5.41, 5.74) is 0.686. The number of anilines is 1. The van der Waals surface area contributed by atoms with Gasteiger partial charge in [-0.2, -0.15) is 13.2 Å². The highest BCUT2D eigenvalue weighted by Crippen LogP contribution is 2.35. The van der Waals surface area contributed by atoms with Crippen LogP contribution in [0, 0.1) is 5.92 Å². The van der Waals surface area contributed by atoms with E-state index in [4.69, 9.17) is 5.11 Å². The summed E-state index contributed by atoms with van der Waals surface area (Å²) in [5.74, 6) is -2.10. The van der Waals surface area contributed by atoms with Crippen LogP contribution in [0.3, 0.4) is 0 Å². The fourth-order valence-electron chi connectivity index (χ4n) is 2.19. The molecule has 0 spiro atoms. The lowest BCUT2D eigenvalue weighted by Gasteiger charge is -2.32. The van der Waals surface area contributed by atoms with Gasteiger partial charge in [0.1, 0.15) is 0 Å². The van der Waals surface area contributed by atoms with E-state index in [0.29, 0.717) is 30.3 Å². The number of thiazole rings is 1. The van der Waals surface area contributed by atoms with Crippen LogP contribution in [0.4, 0.5) is 18.3 Å². The second-order valence-electron chi connectivity index (χ2n) is 4.82. The summed E-state index contributed by atoms with van der Waals surface area (Å²) in [4.78, 5) is 16.6. The summed E-state index contributed by atoms with van der Waals surface area (Å²) in [5, 5.41) is 11.1. The molecule has 0 unspecified atom stereocenters. The maximum atomic E-state index is 12.6. The Hall–Kier alpha value is -1.31. The minimum absolute atomic E-state index is 0.0132. The molecule has 0 bridgehead atoms. The molecule has 8 heteroatoms. The molecule has 1 aromatic heterocycles. The molecule has 0 aliphatic carbocycles. The number of halogens is 3. The molecular weight excluding hydrogens is 293 g/mol. The van der Waals surface area contributed by atoms with Crippen LogP contribution in [-0.4, -0.2) is 35.3 Å². The number of nitrogens with zero attached hydrogens (tertiary/aromatic N) is 2. The first-order valence-electron chi connectivity index (χ1n) is 6.34. The molecule has 2 rings (SSSR count). The molecule has 0 radical (unpaired) electrons. The number of aromatic nitrogens is 1. The molecule has 1 N–H and O–H groups in total. The van der Waals surface area contributed by atoms with Crippen LogP contribution in [0.5, 0.6) is 0 Å². The number of carbonyl (C=O) groups is 1. The van der Waals surface area contributed by atoms with Crippen LogP contribution in [0.1, 0.15) is 25.0 Å². The first kappa shape index (κ1) is 15.1. The van der Waals surface area contributed by atoms with Gasteiger partial charge in [-0.05, 0) is 12.8 Å². The van der Waals surface area contributed by atoms with E-state index in [9.17, 15) is 18.0 Å². The molecule has 112 valence electrons. The van der Waals surface area contributed by atoms with Gasteiger partial charge in [-0.3, -0.25) is 4.79 Å². The van der Waals surface area contributed by atoms with Crippen molar-refractivity contribution in [3.05, 3.63) is 11.1 Å². The predicted molar refractivity (Wildman–Crippen MR) is 69.1 cm³/mol. The fraction of sp³-hybridized carbons (Fsp3) is 0.667. The van der Waals surface area contributed by atoms with Gasteiger partial charge in [0.25, 0.3) is 0 Å². The van der Waals surface area contributed by atoms with Gasteiger partial charge < -0.3 is 10.0 Å². The third-order valence-electron chi connectivity index (χ3n) is 3.36. The average molecular weight is 308 g/mol. The van der Waals surface area contributed by atoms with E-state index in [1.54, 1.807) is 5.38 Å². The number of carboxylic acids is 1. The van der Waals surface area contributed by atoms with Crippen molar-refractivity contribution in [2.24, 2.45) is 5.92 Å². The maximum absolute atomic E-state index is 12.6. The van der Waals surface area contributed by atoms with Gasteiger partial charge >= 0.3 is 12.1 Å². The SMILES string of the molecule is O=C(O)CCc1csc(N2CCC(C(F)(F)F)CC2)n1. The monoisotopic (exact) mass is 308 g/mol. The number of hydrogen-bond donors (Lipinski definition) is 1. The zero-order chi connectivity index (χ0) is 14.8. The summed E-state index contributed by atoms with van der Waals surface area (Å²) < 4.78 is 37.7. The number of carboxylic acid groups (broad SMARTS) is 1. The summed E-state index contributed by atoms with van der Waals surface area (Å²) in [6.07, 6.45) is -3.56. The first-order chi connectivity index (χ1) is 9.36. The number of rotatable bonds is 4. The van der Waals surface area contributed by atoms with Gasteiger partial charge in [0.05, 0.1) is 18.0 Å². The van der Waals surface area contributed by atoms with Crippen molar-refractivity contribution in [3.63, 3.8) is 0 Å². The molecule has 4 nitrogen and oxygen atoms in total. The van der Waals surface area contributed by atoms with Crippen molar-refractivity contribution in [3.8, 4) is 0 Å². The van der Waals surface area contributed by atoms with Gasteiger partial charge in [0, 0.05) is 24.9 Å². The van der Waals surface area contributed by atoms with Gasteiger partial charge in [-0.25, -0.2) is 4.98 Å². The average Bonchev–Trinajstić information content (AvgIpc) is 2.84. The summed E-state index contributed by atoms with van der Waals surface area (Å²) in [6, 6.07) is 0. The van der Waals surface area contributed by atoms with Crippen LogP contribution in [-0.2, 0) is 11.2 Å². The van der Waals surface area contributed by atoms with E-state index in [-0.39, 0.29) is 19.3 Å². The van der Waals surface area contributed by atoms with Crippen molar-refractivity contribution in [1.29, 1.82) is 0 Å².